The van der Waals surface area contributed by atoms with Gasteiger partial charge in [0.25, 0.3) is 5.91 Å². The molecule has 5 nitrogen and oxygen atoms in total. The van der Waals surface area contributed by atoms with Crippen LogP contribution in [0.25, 0.3) is 0 Å². The SMILES string of the molecule is C[NH+](CC(=O)NC(=O)NC1CCCC1)Cc1ccc(C(C)(C)C)cc1. The molecule has 0 aromatic heterocycles. The molecule has 1 atom stereocenters. The third-order valence-electron chi connectivity index (χ3n) is 4.73. The summed E-state index contributed by atoms with van der Waals surface area (Å²) in [7, 11) is 1.96. The van der Waals surface area contributed by atoms with Gasteiger partial charge >= 0.3 is 6.03 Å². The number of urea groups is 1. The van der Waals surface area contributed by atoms with E-state index in [0.29, 0.717) is 0 Å². The van der Waals surface area contributed by atoms with Crippen LogP contribution in [-0.4, -0.2) is 31.6 Å². The standard InChI is InChI=1S/C20H31N3O2/c1-20(2,3)16-11-9-15(10-12-16)13-23(4)14-18(24)22-19(25)21-17-7-5-6-8-17/h9-12,17H,5-8,13-14H2,1-4H3,(H2,21,22,24,25)/p+1. The maximum atomic E-state index is 12.0. The number of likely N-dealkylation sites (N-methyl/N-ethyl adjacent to an activating group) is 1. The van der Waals surface area contributed by atoms with Gasteiger partial charge in [-0.05, 0) is 23.8 Å². The van der Waals surface area contributed by atoms with E-state index in [9.17, 15) is 9.59 Å². The van der Waals surface area contributed by atoms with E-state index < -0.39 is 0 Å². The van der Waals surface area contributed by atoms with Crippen molar-refractivity contribution >= 4 is 11.9 Å². The van der Waals surface area contributed by atoms with Crippen LogP contribution >= 0.6 is 0 Å². The minimum absolute atomic E-state index is 0.143. The normalized spacial score (nSPS) is 16.5. The Morgan fingerprint density at radius 3 is 2.28 bits per heavy atom. The Morgan fingerprint density at radius 1 is 1.12 bits per heavy atom. The van der Waals surface area contributed by atoms with Crippen molar-refractivity contribution in [1.29, 1.82) is 0 Å². The highest BCUT2D eigenvalue weighted by molar-refractivity contribution is 5.94. The van der Waals surface area contributed by atoms with Gasteiger partial charge in [-0.2, -0.15) is 0 Å². The van der Waals surface area contributed by atoms with Gasteiger partial charge in [0.05, 0.1) is 7.05 Å². The Balaban J connectivity index is 1.76. The van der Waals surface area contributed by atoms with Gasteiger partial charge in [-0.1, -0.05) is 57.9 Å². The molecule has 1 aliphatic carbocycles. The molecule has 2 rings (SSSR count). The van der Waals surface area contributed by atoms with E-state index in [0.717, 1.165) is 37.1 Å². The molecule has 0 heterocycles. The van der Waals surface area contributed by atoms with Crippen molar-refractivity contribution in [2.45, 2.75) is 64.5 Å². The molecule has 25 heavy (non-hydrogen) atoms. The highest BCUT2D eigenvalue weighted by Gasteiger charge is 2.19. The van der Waals surface area contributed by atoms with E-state index in [2.05, 4.69) is 55.7 Å². The smallest absolute Gasteiger partial charge is 0.321 e. The van der Waals surface area contributed by atoms with E-state index in [1.165, 1.54) is 11.1 Å². The molecule has 1 fully saturated rings. The lowest BCUT2D eigenvalue weighted by Crippen LogP contribution is -3.09. The van der Waals surface area contributed by atoms with Crippen molar-refractivity contribution < 1.29 is 14.5 Å². The molecule has 138 valence electrons. The molecule has 0 radical (unpaired) electrons. The number of imide groups is 1. The monoisotopic (exact) mass is 346 g/mol. The topological polar surface area (TPSA) is 62.6 Å². The zero-order chi connectivity index (χ0) is 18.4. The molecule has 3 N–H and O–H groups in total. The zero-order valence-electron chi connectivity index (χ0n) is 15.9. The number of carbonyl (C=O) groups is 2. The predicted octanol–water partition coefficient (Wildman–Crippen LogP) is 1.77. The molecule has 1 aromatic carbocycles. The minimum atomic E-state index is -0.362. The second-order valence-electron chi connectivity index (χ2n) is 8.26. The number of amides is 3. The van der Waals surface area contributed by atoms with E-state index in [4.69, 9.17) is 0 Å². The van der Waals surface area contributed by atoms with E-state index in [1.807, 2.05) is 7.05 Å². The lowest BCUT2D eigenvalue weighted by molar-refractivity contribution is -0.885. The van der Waals surface area contributed by atoms with Crippen LogP contribution in [0.2, 0.25) is 0 Å². The van der Waals surface area contributed by atoms with Gasteiger partial charge < -0.3 is 10.2 Å². The van der Waals surface area contributed by atoms with E-state index in [-0.39, 0.29) is 29.9 Å². The molecule has 0 bridgehead atoms. The maximum Gasteiger partial charge on any atom is 0.321 e. The minimum Gasteiger partial charge on any atom is -0.335 e. The Hall–Kier alpha value is -1.88. The Kier molecular flexibility index (Phi) is 6.59. The summed E-state index contributed by atoms with van der Waals surface area (Å²) in [5.41, 5.74) is 2.63. The number of benzene rings is 1. The summed E-state index contributed by atoms with van der Waals surface area (Å²) in [5, 5.41) is 5.32. The molecule has 0 aliphatic heterocycles. The van der Waals surface area contributed by atoms with Crippen molar-refractivity contribution in [3.05, 3.63) is 35.4 Å². The maximum absolute atomic E-state index is 12.0. The Labute approximate surface area is 151 Å². The molecular weight excluding hydrogens is 314 g/mol. The van der Waals surface area contributed by atoms with Gasteiger partial charge in [0.1, 0.15) is 6.54 Å². The number of rotatable bonds is 5. The molecule has 1 unspecified atom stereocenters. The van der Waals surface area contributed by atoms with Crippen LogP contribution in [0, 0.1) is 0 Å². The fourth-order valence-electron chi connectivity index (χ4n) is 3.27. The number of hydrogen-bond donors (Lipinski definition) is 3. The first-order valence-electron chi connectivity index (χ1n) is 9.25. The summed E-state index contributed by atoms with van der Waals surface area (Å²) in [6, 6.07) is 8.40. The van der Waals surface area contributed by atoms with Gasteiger partial charge in [0.2, 0.25) is 0 Å². The first kappa shape index (κ1) is 19.4. The van der Waals surface area contributed by atoms with Gasteiger partial charge in [-0.25, -0.2) is 4.79 Å². The van der Waals surface area contributed by atoms with Crippen LogP contribution in [0.15, 0.2) is 24.3 Å². The Bertz CT molecular complexity index is 584. The fraction of sp³-hybridized carbons (Fsp3) is 0.600. The second kappa shape index (κ2) is 8.48. The van der Waals surface area contributed by atoms with Gasteiger partial charge in [-0.15, -0.1) is 0 Å². The van der Waals surface area contributed by atoms with Crippen LogP contribution in [-0.2, 0) is 16.8 Å². The average molecular weight is 346 g/mol. The number of nitrogens with one attached hydrogen (secondary N) is 3. The number of quaternary nitrogens is 1. The van der Waals surface area contributed by atoms with Crippen molar-refractivity contribution in [2.75, 3.05) is 13.6 Å². The number of carbonyl (C=O) groups excluding carboxylic acids is 2. The van der Waals surface area contributed by atoms with E-state index >= 15 is 0 Å². The predicted molar refractivity (Wildman–Crippen MR) is 99.5 cm³/mol. The van der Waals surface area contributed by atoms with E-state index in [1.54, 1.807) is 0 Å². The largest absolute Gasteiger partial charge is 0.335 e. The van der Waals surface area contributed by atoms with Crippen molar-refractivity contribution in [1.82, 2.24) is 10.6 Å². The van der Waals surface area contributed by atoms with Crippen LogP contribution in [0.4, 0.5) is 4.79 Å². The van der Waals surface area contributed by atoms with Gasteiger partial charge in [0.15, 0.2) is 6.54 Å². The van der Waals surface area contributed by atoms with Crippen molar-refractivity contribution in [2.24, 2.45) is 0 Å². The fourth-order valence-corrected chi connectivity index (χ4v) is 3.27. The summed E-state index contributed by atoms with van der Waals surface area (Å²) in [5.74, 6) is -0.237. The van der Waals surface area contributed by atoms with Crippen LogP contribution in [0.1, 0.15) is 57.6 Å². The lowest BCUT2D eigenvalue weighted by atomic mass is 9.87. The quantitative estimate of drug-likeness (QED) is 0.761. The third-order valence-corrected chi connectivity index (χ3v) is 4.73. The van der Waals surface area contributed by atoms with Crippen molar-refractivity contribution in [3.63, 3.8) is 0 Å². The summed E-state index contributed by atoms with van der Waals surface area (Å²) in [6.45, 7) is 7.61. The molecular formula is C20H32N3O2+. The average Bonchev–Trinajstić information content (AvgIpc) is 2.99. The van der Waals surface area contributed by atoms with Crippen molar-refractivity contribution in [3.8, 4) is 0 Å². The third kappa shape index (κ3) is 6.50. The first-order valence-corrected chi connectivity index (χ1v) is 9.25. The number of hydrogen-bond acceptors (Lipinski definition) is 2. The van der Waals surface area contributed by atoms with Crippen LogP contribution in [0.5, 0.6) is 0 Å². The molecule has 1 aliphatic rings. The summed E-state index contributed by atoms with van der Waals surface area (Å²) in [4.78, 5) is 24.9. The molecule has 1 saturated carbocycles. The summed E-state index contributed by atoms with van der Waals surface area (Å²) >= 11 is 0. The molecule has 0 saturated heterocycles. The molecule has 5 heteroatoms. The highest BCUT2D eigenvalue weighted by Crippen LogP contribution is 2.22. The molecule has 1 aromatic rings. The lowest BCUT2D eigenvalue weighted by Gasteiger charge is -2.20. The highest BCUT2D eigenvalue weighted by atomic mass is 16.2. The van der Waals surface area contributed by atoms with Gasteiger partial charge in [0, 0.05) is 11.6 Å². The zero-order valence-corrected chi connectivity index (χ0v) is 15.9. The van der Waals surface area contributed by atoms with Gasteiger partial charge in [-0.3, -0.25) is 10.1 Å². The first-order chi connectivity index (χ1) is 11.7. The summed E-state index contributed by atoms with van der Waals surface area (Å²) in [6.07, 6.45) is 4.33. The second-order valence-corrected chi connectivity index (χ2v) is 8.26. The molecule has 0 spiro atoms. The molecule has 3 amide bonds. The summed E-state index contributed by atoms with van der Waals surface area (Å²) < 4.78 is 0. The Morgan fingerprint density at radius 2 is 1.72 bits per heavy atom. The van der Waals surface area contributed by atoms with Crippen LogP contribution in [0.3, 0.4) is 0 Å². The van der Waals surface area contributed by atoms with Crippen LogP contribution < -0.4 is 15.5 Å².